The number of amides is 2. The number of aromatic nitrogens is 2. The van der Waals surface area contributed by atoms with Gasteiger partial charge < -0.3 is 15.5 Å². The van der Waals surface area contributed by atoms with Crippen molar-refractivity contribution < 1.29 is 4.79 Å². The highest BCUT2D eigenvalue weighted by Crippen LogP contribution is 2.17. The largest absolute Gasteiger partial charge is 0.338 e. The fraction of sp³-hybridized carbons (Fsp3) is 0.438. The van der Waals surface area contributed by atoms with Crippen LogP contribution in [-0.4, -0.2) is 48.1 Å². The summed E-state index contributed by atoms with van der Waals surface area (Å²) in [5.74, 6) is 0. The molecule has 6 heteroatoms. The Morgan fingerprint density at radius 1 is 1.14 bits per heavy atom. The molecule has 118 valence electrons. The summed E-state index contributed by atoms with van der Waals surface area (Å²) in [4.78, 5) is 22.9. The average Bonchev–Trinajstić information content (AvgIpc) is 2.45. The number of urea groups is 1. The van der Waals surface area contributed by atoms with Crippen LogP contribution < -0.4 is 10.6 Å². The number of anilines is 1. The number of nitrogens with one attached hydrogen (secondary N) is 2. The van der Waals surface area contributed by atoms with E-state index in [-0.39, 0.29) is 6.03 Å². The maximum absolute atomic E-state index is 11.8. The lowest BCUT2D eigenvalue weighted by Gasteiger charge is -2.11. The smallest absolute Gasteiger partial charge is 0.319 e. The molecule has 2 aromatic rings. The molecule has 0 aliphatic carbocycles. The molecule has 2 rings (SSSR count). The number of nitrogens with zero attached hydrogens (tertiary/aromatic N) is 3. The highest BCUT2D eigenvalue weighted by Gasteiger charge is 2.05. The van der Waals surface area contributed by atoms with Crippen LogP contribution in [0, 0.1) is 13.8 Å². The van der Waals surface area contributed by atoms with Crippen molar-refractivity contribution in [1.29, 1.82) is 0 Å². The molecule has 1 heterocycles. The summed E-state index contributed by atoms with van der Waals surface area (Å²) in [7, 11) is 4.03. The van der Waals surface area contributed by atoms with E-state index in [0.717, 1.165) is 41.1 Å². The molecule has 2 amide bonds. The molecule has 2 N–H and O–H groups in total. The van der Waals surface area contributed by atoms with Crippen molar-refractivity contribution >= 4 is 22.8 Å². The Balaban J connectivity index is 1.96. The van der Waals surface area contributed by atoms with E-state index in [1.807, 2.05) is 46.1 Å². The zero-order valence-electron chi connectivity index (χ0n) is 13.6. The molecule has 0 bridgehead atoms. The van der Waals surface area contributed by atoms with Gasteiger partial charge in [0, 0.05) is 12.2 Å². The quantitative estimate of drug-likeness (QED) is 0.832. The number of hydrogen-bond donors (Lipinski definition) is 2. The van der Waals surface area contributed by atoms with Crippen LogP contribution in [0.1, 0.15) is 17.8 Å². The first-order valence-electron chi connectivity index (χ1n) is 7.40. The lowest BCUT2D eigenvalue weighted by molar-refractivity contribution is 0.251. The van der Waals surface area contributed by atoms with E-state index < -0.39 is 0 Å². The molecule has 6 nitrogen and oxygen atoms in total. The minimum atomic E-state index is -0.199. The van der Waals surface area contributed by atoms with Crippen molar-refractivity contribution in [2.45, 2.75) is 20.3 Å². The Kier molecular flexibility index (Phi) is 5.27. The average molecular weight is 301 g/mol. The molecule has 1 aromatic heterocycles. The van der Waals surface area contributed by atoms with Crippen molar-refractivity contribution in [3.8, 4) is 0 Å². The predicted molar refractivity (Wildman–Crippen MR) is 89.2 cm³/mol. The van der Waals surface area contributed by atoms with Gasteiger partial charge in [0.05, 0.1) is 22.4 Å². The van der Waals surface area contributed by atoms with Gasteiger partial charge in [-0.1, -0.05) is 0 Å². The van der Waals surface area contributed by atoms with Crippen LogP contribution in [-0.2, 0) is 0 Å². The molecule has 0 fully saturated rings. The highest BCUT2D eigenvalue weighted by molar-refractivity contribution is 5.91. The molecule has 0 atom stereocenters. The van der Waals surface area contributed by atoms with E-state index >= 15 is 0 Å². The summed E-state index contributed by atoms with van der Waals surface area (Å²) < 4.78 is 0. The van der Waals surface area contributed by atoms with Crippen LogP contribution >= 0.6 is 0 Å². The minimum Gasteiger partial charge on any atom is -0.338 e. The van der Waals surface area contributed by atoms with Crippen LogP contribution in [0.15, 0.2) is 18.2 Å². The summed E-state index contributed by atoms with van der Waals surface area (Å²) in [6.45, 7) is 5.47. The topological polar surface area (TPSA) is 70.2 Å². The molecule has 0 radical (unpaired) electrons. The molecular weight excluding hydrogens is 278 g/mol. The standard InChI is InChI=1S/C16H23N5O/c1-11-12(2)19-15-10-13(6-7-14(15)18-11)20-16(22)17-8-5-9-21(3)4/h6-7,10H,5,8-9H2,1-4H3,(H2,17,20,22). The second kappa shape index (κ2) is 7.17. The van der Waals surface area contributed by atoms with Crippen molar-refractivity contribution in [3.63, 3.8) is 0 Å². The summed E-state index contributed by atoms with van der Waals surface area (Å²) in [5.41, 5.74) is 4.16. The number of aryl methyl sites for hydroxylation is 2. The Morgan fingerprint density at radius 2 is 1.82 bits per heavy atom. The highest BCUT2D eigenvalue weighted by atomic mass is 16.2. The van der Waals surface area contributed by atoms with Gasteiger partial charge in [0.15, 0.2) is 0 Å². The van der Waals surface area contributed by atoms with Crippen LogP contribution in [0.2, 0.25) is 0 Å². The van der Waals surface area contributed by atoms with Gasteiger partial charge in [-0.05, 0) is 59.1 Å². The van der Waals surface area contributed by atoms with E-state index in [0.29, 0.717) is 6.54 Å². The Hall–Kier alpha value is -2.21. The lowest BCUT2D eigenvalue weighted by atomic mass is 10.2. The summed E-state index contributed by atoms with van der Waals surface area (Å²) in [5, 5.41) is 5.67. The SMILES string of the molecule is Cc1nc2ccc(NC(=O)NCCCN(C)C)cc2nc1C. The third-order valence-electron chi connectivity index (χ3n) is 3.40. The first-order chi connectivity index (χ1) is 10.5. The lowest BCUT2D eigenvalue weighted by Crippen LogP contribution is -2.31. The molecule has 0 unspecified atom stereocenters. The first kappa shape index (κ1) is 16.2. The van der Waals surface area contributed by atoms with Gasteiger partial charge in [-0.2, -0.15) is 0 Å². The van der Waals surface area contributed by atoms with Crippen LogP contribution in [0.5, 0.6) is 0 Å². The van der Waals surface area contributed by atoms with Crippen molar-refractivity contribution in [3.05, 3.63) is 29.6 Å². The fourth-order valence-corrected chi connectivity index (χ4v) is 2.08. The summed E-state index contributed by atoms with van der Waals surface area (Å²) >= 11 is 0. The van der Waals surface area contributed by atoms with Crippen LogP contribution in [0.25, 0.3) is 11.0 Å². The normalized spacial score (nSPS) is 11.0. The van der Waals surface area contributed by atoms with Crippen molar-refractivity contribution in [2.24, 2.45) is 0 Å². The third-order valence-corrected chi connectivity index (χ3v) is 3.40. The predicted octanol–water partition coefficient (Wildman–Crippen LogP) is 2.32. The molecular formula is C16H23N5O. The number of fused-ring (bicyclic) bond motifs is 1. The van der Waals surface area contributed by atoms with Gasteiger partial charge in [-0.3, -0.25) is 0 Å². The maximum Gasteiger partial charge on any atom is 0.319 e. The molecule has 0 saturated carbocycles. The molecule has 1 aromatic carbocycles. The second-order valence-corrected chi connectivity index (χ2v) is 5.64. The molecule has 22 heavy (non-hydrogen) atoms. The van der Waals surface area contributed by atoms with Gasteiger partial charge in [-0.15, -0.1) is 0 Å². The number of hydrogen-bond acceptors (Lipinski definition) is 4. The van der Waals surface area contributed by atoms with Gasteiger partial charge in [0.2, 0.25) is 0 Å². The van der Waals surface area contributed by atoms with Crippen LogP contribution in [0.3, 0.4) is 0 Å². The number of carbonyl (C=O) groups is 1. The molecule has 0 saturated heterocycles. The van der Waals surface area contributed by atoms with E-state index in [1.165, 1.54) is 0 Å². The Bertz CT molecular complexity index is 669. The Labute approximate surface area is 130 Å². The minimum absolute atomic E-state index is 0.199. The van der Waals surface area contributed by atoms with E-state index in [1.54, 1.807) is 0 Å². The number of benzene rings is 1. The molecule has 0 aliphatic rings. The van der Waals surface area contributed by atoms with Crippen molar-refractivity contribution in [2.75, 3.05) is 32.5 Å². The zero-order chi connectivity index (χ0) is 16.1. The van der Waals surface area contributed by atoms with E-state index in [2.05, 4.69) is 25.5 Å². The summed E-state index contributed by atoms with van der Waals surface area (Å²) in [6.07, 6.45) is 0.919. The van der Waals surface area contributed by atoms with Crippen molar-refractivity contribution in [1.82, 2.24) is 20.2 Å². The van der Waals surface area contributed by atoms with Gasteiger partial charge in [-0.25, -0.2) is 14.8 Å². The monoisotopic (exact) mass is 301 g/mol. The van der Waals surface area contributed by atoms with Gasteiger partial charge in [0.1, 0.15) is 0 Å². The molecule has 0 aliphatic heterocycles. The maximum atomic E-state index is 11.8. The van der Waals surface area contributed by atoms with E-state index in [9.17, 15) is 4.79 Å². The Morgan fingerprint density at radius 3 is 2.50 bits per heavy atom. The number of rotatable bonds is 5. The van der Waals surface area contributed by atoms with Gasteiger partial charge in [0.25, 0.3) is 0 Å². The number of carbonyl (C=O) groups excluding carboxylic acids is 1. The van der Waals surface area contributed by atoms with Gasteiger partial charge >= 0.3 is 6.03 Å². The molecule has 0 spiro atoms. The third kappa shape index (κ3) is 4.39. The second-order valence-electron chi connectivity index (χ2n) is 5.64. The fourth-order valence-electron chi connectivity index (χ4n) is 2.08. The van der Waals surface area contributed by atoms with E-state index in [4.69, 9.17) is 0 Å². The summed E-state index contributed by atoms with van der Waals surface area (Å²) in [6, 6.07) is 5.35. The van der Waals surface area contributed by atoms with Crippen LogP contribution in [0.4, 0.5) is 10.5 Å². The zero-order valence-corrected chi connectivity index (χ0v) is 13.6. The first-order valence-corrected chi connectivity index (χ1v) is 7.40.